The van der Waals surface area contributed by atoms with Crippen LogP contribution in [-0.4, -0.2) is 26.2 Å². The molecule has 1 unspecified atom stereocenters. The van der Waals surface area contributed by atoms with Gasteiger partial charge >= 0.3 is 0 Å². The summed E-state index contributed by atoms with van der Waals surface area (Å²) >= 11 is 0. The largest absolute Gasteiger partial charge is 0.371 e. The van der Waals surface area contributed by atoms with Gasteiger partial charge in [0.05, 0.1) is 0 Å². The number of anilines is 1. The third kappa shape index (κ3) is 2.73. The van der Waals surface area contributed by atoms with Crippen molar-refractivity contribution in [1.82, 2.24) is 5.32 Å². The number of hydrogen-bond donors (Lipinski definition) is 1. The third-order valence-corrected chi connectivity index (χ3v) is 3.20. The van der Waals surface area contributed by atoms with Crippen molar-refractivity contribution in [2.75, 3.05) is 31.1 Å². The fourth-order valence-corrected chi connectivity index (χ4v) is 2.27. The molecule has 1 aliphatic heterocycles. The maximum Gasteiger partial charge on any atom is 0.125 e. The Kier molecular flexibility index (Phi) is 3.78. The van der Waals surface area contributed by atoms with E-state index in [2.05, 4.69) is 17.1 Å². The van der Waals surface area contributed by atoms with E-state index in [9.17, 15) is 4.39 Å². The molecule has 1 atom stereocenters. The smallest absolute Gasteiger partial charge is 0.125 e. The number of hydrogen-bond acceptors (Lipinski definition) is 2. The van der Waals surface area contributed by atoms with E-state index in [0.717, 1.165) is 31.9 Å². The molecule has 0 aliphatic carbocycles. The Morgan fingerprint density at radius 3 is 3.00 bits per heavy atom. The van der Waals surface area contributed by atoms with Gasteiger partial charge in [-0.3, -0.25) is 0 Å². The zero-order valence-electron chi connectivity index (χ0n) is 9.75. The predicted octanol–water partition coefficient (Wildman–Crippen LogP) is 2.26. The normalized spacial score (nSPS) is 20.0. The molecule has 0 aromatic heterocycles. The second-order valence-electron chi connectivity index (χ2n) is 4.38. The van der Waals surface area contributed by atoms with Gasteiger partial charge in [0.15, 0.2) is 0 Å². The summed E-state index contributed by atoms with van der Waals surface area (Å²) in [4.78, 5) is 2.25. The van der Waals surface area contributed by atoms with Crippen LogP contribution in [0.25, 0.3) is 0 Å². The van der Waals surface area contributed by atoms with E-state index in [-0.39, 0.29) is 5.82 Å². The van der Waals surface area contributed by atoms with Crippen molar-refractivity contribution in [2.24, 2.45) is 5.92 Å². The van der Waals surface area contributed by atoms with Gasteiger partial charge in [-0.1, -0.05) is 6.07 Å². The molecule has 0 saturated carbocycles. The number of nitrogens with zero attached hydrogens (tertiary/aromatic N) is 1. The van der Waals surface area contributed by atoms with Crippen molar-refractivity contribution in [1.29, 1.82) is 0 Å². The molecule has 88 valence electrons. The molecule has 2 rings (SSSR count). The van der Waals surface area contributed by atoms with Gasteiger partial charge in [-0.2, -0.15) is 0 Å². The minimum Gasteiger partial charge on any atom is -0.371 e. The molecule has 1 N–H and O–H groups in total. The number of halogens is 1. The third-order valence-electron chi connectivity index (χ3n) is 3.20. The lowest BCUT2D eigenvalue weighted by molar-refractivity contribution is 0.563. The summed E-state index contributed by atoms with van der Waals surface area (Å²) in [5.74, 6) is 0.545. The molecule has 0 amide bonds. The van der Waals surface area contributed by atoms with Gasteiger partial charge in [-0.25, -0.2) is 4.39 Å². The van der Waals surface area contributed by atoms with Gasteiger partial charge in [0.2, 0.25) is 0 Å². The van der Waals surface area contributed by atoms with E-state index in [0.29, 0.717) is 5.92 Å². The Morgan fingerprint density at radius 2 is 2.38 bits per heavy atom. The lowest BCUT2D eigenvalue weighted by Gasteiger charge is -2.26. The Hall–Kier alpha value is -1.09. The van der Waals surface area contributed by atoms with E-state index in [1.54, 1.807) is 12.1 Å². The second kappa shape index (κ2) is 5.30. The van der Waals surface area contributed by atoms with Gasteiger partial charge in [0, 0.05) is 18.8 Å². The first kappa shape index (κ1) is 11.4. The van der Waals surface area contributed by atoms with Crippen LogP contribution in [-0.2, 0) is 0 Å². The zero-order valence-corrected chi connectivity index (χ0v) is 9.75. The van der Waals surface area contributed by atoms with Crippen molar-refractivity contribution < 1.29 is 4.39 Å². The first-order chi connectivity index (χ1) is 7.79. The maximum atomic E-state index is 13.1. The van der Waals surface area contributed by atoms with Gasteiger partial charge < -0.3 is 10.2 Å². The highest BCUT2D eigenvalue weighted by Crippen LogP contribution is 2.18. The van der Waals surface area contributed by atoms with Gasteiger partial charge in [0.25, 0.3) is 0 Å². The van der Waals surface area contributed by atoms with Crippen LogP contribution in [0, 0.1) is 11.7 Å². The highest BCUT2D eigenvalue weighted by molar-refractivity contribution is 5.46. The van der Waals surface area contributed by atoms with Crippen LogP contribution in [0.4, 0.5) is 10.1 Å². The van der Waals surface area contributed by atoms with Crippen molar-refractivity contribution in [3.8, 4) is 0 Å². The summed E-state index contributed by atoms with van der Waals surface area (Å²) in [5, 5.41) is 3.36. The first-order valence-corrected chi connectivity index (χ1v) is 6.01. The monoisotopic (exact) mass is 222 g/mol. The number of nitrogens with one attached hydrogen (secondary N) is 1. The summed E-state index contributed by atoms with van der Waals surface area (Å²) in [6.45, 7) is 6.28. The second-order valence-corrected chi connectivity index (χ2v) is 4.38. The lowest BCUT2D eigenvalue weighted by Crippen LogP contribution is -2.30. The van der Waals surface area contributed by atoms with E-state index < -0.39 is 0 Å². The van der Waals surface area contributed by atoms with E-state index in [1.807, 2.05) is 6.07 Å². The summed E-state index contributed by atoms with van der Waals surface area (Å²) in [5.41, 5.74) is 0.995. The number of rotatable bonds is 4. The minimum absolute atomic E-state index is 0.152. The number of benzene rings is 1. The molecule has 0 bridgehead atoms. The van der Waals surface area contributed by atoms with Crippen molar-refractivity contribution in [2.45, 2.75) is 13.3 Å². The minimum atomic E-state index is -0.152. The highest BCUT2D eigenvalue weighted by atomic mass is 19.1. The van der Waals surface area contributed by atoms with Crippen molar-refractivity contribution >= 4 is 5.69 Å². The van der Waals surface area contributed by atoms with Crippen LogP contribution in [0.1, 0.15) is 13.3 Å². The summed E-state index contributed by atoms with van der Waals surface area (Å²) < 4.78 is 13.1. The van der Waals surface area contributed by atoms with Gasteiger partial charge in [-0.15, -0.1) is 0 Å². The molecule has 1 fully saturated rings. The zero-order chi connectivity index (χ0) is 11.4. The summed E-state index contributed by atoms with van der Waals surface area (Å²) in [7, 11) is 0. The average Bonchev–Trinajstić information content (AvgIpc) is 2.78. The van der Waals surface area contributed by atoms with Crippen molar-refractivity contribution in [3.63, 3.8) is 0 Å². The Morgan fingerprint density at radius 1 is 1.50 bits per heavy atom. The predicted molar refractivity (Wildman–Crippen MR) is 65.3 cm³/mol. The summed E-state index contributed by atoms with van der Waals surface area (Å²) in [6.07, 6.45) is 1.23. The molecule has 0 radical (unpaired) electrons. The van der Waals surface area contributed by atoms with E-state index >= 15 is 0 Å². The SMILES string of the molecule is CCN(CC1CCNC1)c1cccc(F)c1. The molecule has 1 saturated heterocycles. The molecule has 1 aromatic rings. The topological polar surface area (TPSA) is 15.3 Å². The molecule has 1 heterocycles. The standard InChI is InChI=1S/C13H19FN2/c1-2-16(10-11-6-7-15-9-11)13-5-3-4-12(14)8-13/h3-5,8,11,15H,2,6-7,9-10H2,1H3. The Bertz CT molecular complexity index is 334. The Balaban J connectivity index is 2.03. The van der Waals surface area contributed by atoms with Crippen LogP contribution in [0.15, 0.2) is 24.3 Å². The molecule has 16 heavy (non-hydrogen) atoms. The first-order valence-electron chi connectivity index (χ1n) is 6.01. The van der Waals surface area contributed by atoms with Gasteiger partial charge in [0.1, 0.15) is 5.82 Å². The molecule has 1 aromatic carbocycles. The highest BCUT2D eigenvalue weighted by Gasteiger charge is 2.17. The van der Waals surface area contributed by atoms with Crippen LogP contribution >= 0.6 is 0 Å². The summed E-state index contributed by atoms with van der Waals surface area (Å²) in [6, 6.07) is 6.87. The fourth-order valence-electron chi connectivity index (χ4n) is 2.27. The van der Waals surface area contributed by atoms with Gasteiger partial charge in [-0.05, 0) is 50.6 Å². The quantitative estimate of drug-likeness (QED) is 0.840. The van der Waals surface area contributed by atoms with E-state index in [1.165, 1.54) is 12.5 Å². The van der Waals surface area contributed by atoms with Crippen LogP contribution in [0.5, 0.6) is 0 Å². The van der Waals surface area contributed by atoms with E-state index in [4.69, 9.17) is 0 Å². The molecule has 0 spiro atoms. The lowest BCUT2D eigenvalue weighted by atomic mass is 10.1. The van der Waals surface area contributed by atoms with Crippen molar-refractivity contribution in [3.05, 3.63) is 30.1 Å². The molecule has 2 nitrogen and oxygen atoms in total. The Labute approximate surface area is 96.5 Å². The van der Waals surface area contributed by atoms with Crippen LogP contribution < -0.4 is 10.2 Å². The molecular formula is C13H19FN2. The molecule has 1 aliphatic rings. The fraction of sp³-hybridized carbons (Fsp3) is 0.538. The van der Waals surface area contributed by atoms with Crippen LogP contribution in [0.2, 0.25) is 0 Å². The van der Waals surface area contributed by atoms with Crippen LogP contribution in [0.3, 0.4) is 0 Å². The average molecular weight is 222 g/mol. The maximum absolute atomic E-state index is 13.1. The molecule has 3 heteroatoms. The molecular weight excluding hydrogens is 203 g/mol.